The second-order valence-corrected chi connectivity index (χ2v) is 9.76. The van der Waals surface area contributed by atoms with E-state index >= 15 is 0 Å². The number of aromatic hydroxyl groups is 1. The van der Waals surface area contributed by atoms with Crippen LogP contribution in [-0.4, -0.2) is 54.7 Å². The molecule has 176 valence electrons. The topological polar surface area (TPSA) is 110 Å². The molecule has 1 fully saturated rings. The van der Waals surface area contributed by atoms with Gasteiger partial charge in [-0.2, -0.15) is 0 Å². The maximum Gasteiger partial charge on any atom is 0.233 e. The number of phenols is 1. The summed E-state index contributed by atoms with van der Waals surface area (Å²) in [5.74, 6) is -3.09. The van der Waals surface area contributed by atoms with Gasteiger partial charge >= 0.3 is 0 Å². The van der Waals surface area contributed by atoms with Crippen molar-refractivity contribution in [2.24, 2.45) is 17.8 Å². The molecule has 1 N–H and O–H groups in total. The summed E-state index contributed by atoms with van der Waals surface area (Å²) in [6.45, 7) is 0. The van der Waals surface area contributed by atoms with Crippen LogP contribution in [0.25, 0.3) is 0 Å². The standard InChI is InChI=1S/C25H22BrNO7/c1-27-24(31)12-5-4-11-13(20(12)25(27)32)8-14-21(16(28)9-15(26)22(14)29)19(11)10-6-17(33-2)23(30)18(7-10)34-3/h4,6-7,9,12-13,19-20,30H,5,8H2,1-3H3/t12-,13+,19-,20-/m0/s1. The molecule has 0 aromatic heterocycles. The Morgan fingerprint density at radius 1 is 1.03 bits per heavy atom. The van der Waals surface area contributed by atoms with Crippen LogP contribution in [0, 0.1) is 17.8 Å². The van der Waals surface area contributed by atoms with Crippen LogP contribution in [0.2, 0.25) is 0 Å². The summed E-state index contributed by atoms with van der Waals surface area (Å²) < 4.78 is 10.8. The molecule has 1 heterocycles. The molecule has 0 spiro atoms. The van der Waals surface area contributed by atoms with Crippen molar-refractivity contribution in [1.82, 2.24) is 4.90 Å². The largest absolute Gasteiger partial charge is 0.502 e. The number of nitrogens with zero attached hydrogens (tertiary/aromatic N) is 1. The van der Waals surface area contributed by atoms with Crippen LogP contribution in [0.15, 0.2) is 45.5 Å². The van der Waals surface area contributed by atoms with Crippen LogP contribution < -0.4 is 9.47 Å². The number of imide groups is 1. The molecule has 4 aliphatic rings. The SMILES string of the molecule is COc1cc([C@H]2C3=CC[C@@H]4C(=O)N(C)C(=O)[C@@H]4[C@@H]3CC3=C2C(=O)C=C(Br)C3=O)cc(OC)c1O. The third kappa shape index (κ3) is 3.02. The second kappa shape index (κ2) is 7.94. The van der Waals surface area contributed by atoms with Crippen molar-refractivity contribution < 1.29 is 33.8 Å². The monoisotopic (exact) mass is 527 g/mol. The normalized spacial score (nSPS) is 28.3. The van der Waals surface area contributed by atoms with Gasteiger partial charge in [-0.05, 0) is 52.4 Å². The van der Waals surface area contributed by atoms with Gasteiger partial charge in [0.25, 0.3) is 0 Å². The van der Waals surface area contributed by atoms with Crippen molar-refractivity contribution >= 4 is 39.3 Å². The first-order valence-corrected chi connectivity index (χ1v) is 11.6. The molecule has 0 radical (unpaired) electrons. The number of phenolic OH excluding ortho intramolecular Hbond substituents is 1. The Bertz CT molecular complexity index is 1250. The highest BCUT2D eigenvalue weighted by Gasteiger charge is 2.55. The Labute approximate surface area is 204 Å². The Kier molecular flexibility index (Phi) is 5.27. The molecule has 0 saturated carbocycles. The molecule has 0 unspecified atom stereocenters. The fourth-order valence-corrected chi connectivity index (χ4v) is 6.27. The summed E-state index contributed by atoms with van der Waals surface area (Å²) in [6, 6.07) is 3.22. The van der Waals surface area contributed by atoms with E-state index in [0.717, 1.165) is 5.57 Å². The van der Waals surface area contributed by atoms with E-state index in [1.54, 1.807) is 12.1 Å². The van der Waals surface area contributed by atoms with Gasteiger partial charge in [-0.15, -0.1) is 0 Å². The summed E-state index contributed by atoms with van der Waals surface area (Å²) in [5, 5.41) is 10.4. The minimum absolute atomic E-state index is 0.158. The third-order valence-electron chi connectivity index (χ3n) is 7.39. The number of likely N-dealkylation sites (tertiary alicyclic amines) is 1. The summed E-state index contributed by atoms with van der Waals surface area (Å²) >= 11 is 3.20. The Morgan fingerprint density at radius 3 is 2.29 bits per heavy atom. The molecule has 9 heteroatoms. The van der Waals surface area contributed by atoms with Gasteiger partial charge in [0.2, 0.25) is 17.6 Å². The van der Waals surface area contributed by atoms with Gasteiger partial charge in [-0.3, -0.25) is 24.1 Å². The highest BCUT2D eigenvalue weighted by atomic mass is 79.9. The van der Waals surface area contributed by atoms with Gasteiger partial charge in [-0.1, -0.05) is 11.6 Å². The summed E-state index contributed by atoms with van der Waals surface area (Å²) in [7, 11) is 4.30. The smallest absolute Gasteiger partial charge is 0.233 e. The Hall–Kier alpha value is -3.20. The van der Waals surface area contributed by atoms with Crippen molar-refractivity contribution in [3.63, 3.8) is 0 Å². The zero-order valence-electron chi connectivity index (χ0n) is 18.8. The molecule has 8 nitrogen and oxygen atoms in total. The Balaban J connectivity index is 1.75. The molecular formula is C25H22BrNO7. The number of hydrogen-bond acceptors (Lipinski definition) is 7. The van der Waals surface area contributed by atoms with Crippen LogP contribution in [0.3, 0.4) is 0 Å². The minimum atomic E-state index is -0.653. The fraction of sp³-hybridized carbons (Fsp3) is 0.360. The van der Waals surface area contributed by atoms with Crippen LogP contribution >= 0.6 is 15.9 Å². The van der Waals surface area contributed by atoms with E-state index in [-0.39, 0.29) is 51.5 Å². The quantitative estimate of drug-likeness (QED) is 0.365. The first-order valence-electron chi connectivity index (χ1n) is 10.8. The lowest BCUT2D eigenvalue weighted by atomic mass is 9.59. The van der Waals surface area contributed by atoms with E-state index in [1.165, 1.54) is 32.2 Å². The van der Waals surface area contributed by atoms with Gasteiger partial charge in [0.1, 0.15) is 0 Å². The Morgan fingerprint density at radius 2 is 1.68 bits per heavy atom. The zero-order chi connectivity index (χ0) is 24.5. The molecule has 1 saturated heterocycles. The molecule has 3 aliphatic carbocycles. The lowest BCUT2D eigenvalue weighted by molar-refractivity contribution is -0.138. The fourth-order valence-electron chi connectivity index (χ4n) is 5.82. The summed E-state index contributed by atoms with van der Waals surface area (Å²) in [6.07, 6.45) is 3.78. The van der Waals surface area contributed by atoms with Gasteiger partial charge in [0.05, 0.1) is 30.5 Å². The maximum absolute atomic E-state index is 13.2. The van der Waals surface area contributed by atoms with E-state index in [1.807, 2.05) is 6.08 Å². The molecule has 1 aromatic carbocycles. The first kappa shape index (κ1) is 22.6. The first-order chi connectivity index (χ1) is 16.2. The summed E-state index contributed by atoms with van der Waals surface area (Å²) in [5.41, 5.74) is 2.09. The molecule has 0 bridgehead atoms. The highest BCUT2D eigenvalue weighted by Crippen LogP contribution is 2.56. The number of allylic oxidation sites excluding steroid dienone is 6. The number of ketones is 2. The minimum Gasteiger partial charge on any atom is -0.502 e. The predicted octanol–water partition coefficient (Wildman–Crippen LogP) is 2.80. The van der Waals surface area contributed by atoms with Crippen molar-refractivity contribution in [2.45, 2.75) is 18.8 Å². The molecule has 2 amide bonds. The van der Waals surface area contributed by atoms with E-state index in [4.69, 9.17) is 9.47 Å². The van der Waals surface area contributed by atoms with Crippen LogP contribution in [0.4, 0.5) is 0 Å². The predicted molar refractivity (Wildman–Crippen MR) is 124 cm³/mol. The number of Topliss-reactive ketones (excluding diaryl/α,β-unsaturated/α-hetero) is 1. The van der Waals surface area contributed by atoms with E-state index in [2.05, 4.69) is 15.9 Å². The number of fused-ring (bicyclic) bond motifs is 3. The van der Waals surface area contributed by atoms with Crippen LogP contribution in [-0.2, 0) is 19.2 Å². The van der Waals surface area contributed by atoms with Crippen molar-refractivity contribution in [1.29, 1.82) is 0 Å². The van der Waals surface area contributed by atoms with E-state index in [0.29, 0.717) is 23.1 Å². The van der Waals surface area contributed by atoms with Gasteiger partial charge in [-0.25, -0.2) is 0 Å². The van der Waals surface area contributed by atoms with E-state index in [9.17, 15) is 24.3 Å². The van der Waals surface area contributed by atoms with Crippen molar-refractivity contribution in [3.05, 3.63) is 51.0 Å². The van der Waals surface area contributed by atoms with Gasteiger partial charge < -0.3 is 14.6 Å². The molecule has 1 aromatic rings. The zero-order valence-corrected chi connectivity index (χ0v) is 20.3. The number of benzene rings is 1. The lowest BCUT2D eigenvalue weighted by Crippen LogP contribution is -2.39. The van der Waals surface area contributed by atoms with Crippen LogP contribution in [0.5, 0.6) is 17.2 Å². The number of amides is 2. The molecule has 5 rings (SSSR count). The number of ether oxygens (including phenoxy) is 2. The number of halogens is 1. The third-order valence-corrected chi connectivity index (χ3v) is 7.98. The maximum atomic E-state index is 13.2. The molecule has 34 heavy (non-hydrogen) atoms. The number of carbonyl (C=O) groups is 4. The molecule has 4 atom stereocenters. The molecule has 1 aliphatic heterocycles. The number of carbonyl (C=O) groups excluding carboxylic acids is 4. The summed E-state index contributed by atoms with van der Waals surface area (Å²) in [4.78, 5) is 53.3. The highest BCUT2D eigenvalue weighted by molar-refractivity contribution is 9.12. The number of rotatable bonds is 3. The molecular weight excluding hydrogens is 506 g/mol. The number of methoxy groups -OCH3 is 2. The average molecular weight is 528 g/mol. The average Bonchev–Trinajstić information content (AvgIpc) is 3.05. The van der Waals surface area contributed by atoms with Crippen molar-refractivity contribution in [2.75, 3.05) is 21.3 Å². The number of hydrogen-bond donors (Lipinski definition) is 1. The van der Waals surface area contributed by atoms with E-state index < -0.39 is 23.7 Å². The second-order valence-electron chi connectivity index (χ2n) is 8.90. The van der Waals surface area contributed by atoms with Crippen molar-refractivity contribution in [3.8, 4) is 17.2 Å². The van der Waals surface area contributed by atoms with Gasteiger partial charge in [0, 0.05) is 30.2 Å². The lowest BCUT2D eigenvalue weighted by Gasteiger charge is -2.42. The van der Waals surface area contributed by atoms with Crippen LogP contribution in [0.1, 0.15) is 24.3 Å². The van der Waals surface area contributed by atoms with Gasteiger partial charge in [0.15, 0.2) is 23.1 Å².